The number of nitrogens with one attached hydrogen (secondary N) is 1. The first-order chi connectivity index (χ1) is 13.5. The van der Waals surface area contributed by atoms with Crippen LogP contribution in [0.5, 0.6) is 0 Å². The molecule has 6 nitrogen and oxygen atoms in total. The van der Waals surface area contributed by atoms with E-state index in [9.17, 15) is 9.18 Å². The fourth-order valence-electron chi connectivity index (χ4n) is 4.16. The molecule has 3 heterocycles. The quantitative estimate of drug-likeness (QED) is 0.738. The lowest BCUT2D eigenvalue weighted by Gasteiger charge is -2.25. The summed E-state index contributed by atoms with van der Waals surface area (Å²) in [6.45, 7) is 3.17. The molecule has 4 rings (SSSR count). The normalized spacial score (nSPS) is 19.7. The van der Waals surface area contributed by atoms with E-state index in [4.69, 9.17) is 0 Å². The van der Waals surface area contributed by atoms with Gasteiger partial charge in [0.25, 0.3) is 0 Å². The molecule has 1 saturated heterocycles. The van der Waals surface area contributed by atoms with Crippen molar-refractivity contribution in [2.45, 2.75) is 25.9 Å². The predicted molar refractivity (Wildman–Crippen MR) is 105 cm³/mol. The summed E-state index contributed by atoms with van der Waals surface area (Å²) in [5.74, 6) is 0.00282. The zero-order valence-corrected chi connectivity index (χ0v) is 16.3. The molecule has 1 aliphatic rings. The molecule has 1 fully saturated rings. The lowest BCUT2D eigenvalue weighted by molar-refractivity contribution is -0.127. The summed E-state index contributed by atoms with van der Waals surface area (Å²) in [6, 6.07) is 6.69. The molecule has 0 saturated carbocycles. The predicted octanol–water partition coefficient (Wildman–Crippen LogP) is 2.73. The number of benzene rings is 1. The van der Waals surface area contributed by atoms with Crippen LogP contribution >= 0.6 is 0 Å². The number of hydrogen-bond acceptors (Lipinski definition) is 4. The number of carbonyl (C=O) groups is 1. The summed E-state index contributed by atoms with van der Waals surface area (Å²) in [5, 5.41) is 8.54. The van der Waals surface area contributed by atoms with Gasteiger partial charge in [-0.25, -0.2) is 4.39 Å². The Labute approximate surface area is 163 Å². The summed E-state index contributed by atoms with van der Waals surface area (Å²) in [4.78, 5) is 18.6. The van der Waals surface area contributed by atoms with Crippen molar-refractivity contribution in [3.63, 3.8) is 0 Å². The number of rotatable bonds is 5. The molecule has 3 aromatic rings. The van der Waals surface area contributed by atoms with Crippen LogP contribution < -0.4 is 5.32 Å². The van der Waals surface area contributed by atoms with Gasteiger partial charge in [0.2, 0.25) is 5.91 Å². The van der Waals surface area contributed by atoms with E-state index in [1.807, 2.05) is 42.9 Å². The molecule has 2 atom stereocenters. The molecule has 0 radical (unpaired) electrons. The van der Waals surface area contributed by atoms with Crippen molar-refractivity contribution in [2.24, 2.45) is 13.0 Å². The van der Waals surface area contributed by atoms with Gasteiger partial charge in [0.15, 0.2) is 0 Å². The first-order valence-corrected chi connectivity index (χ1v) is 9.43. The molecule has 1 aliphatic heterocycles. The van der Waals surface area contributed by atoms with E-state index in [1.54, 1.807) is 12.3 Å². The molecule has 0 bridgehead atoms. The van der Waals surface area contributed by atoms with Gasteiger partial charge in [-0.1, -0.05) is 6.07 Å². The Morgan fingerprint density at radius 1 is 1.32 bits per heavy atom. The second kappa shape index (κ2) is 7.31. The number of nitrogens with zero attached hydrogens (tertiary/aromatic N) is 4. The van der Waals surface area contributed by atoms with E-state index < -0.39 is 0 Å². The second-order valence-corrected chi connectivity index (χ2v) is 7.49. The minimum absolute atomic E-state index is 0.00363. The van der Waals surface area contributed by atoms with E-state index in [1.165, 1.54) is 12.1 Å². The first-order valence-electron chi connectivity index (χ1n) is 9.43. The summed E-state index contributed by atoms with van der Waals surface area (Å²) in [7, 11) is 3.76. The number of aryl methyl sites for hydroxylation is 1. The van der Waals surface area contributed by atoms with Gasteiger partial charge in [0.1, 0.15) is 5.82 Å². The molecule has 1 N–H and O–H groups in total. The number of fused-ring (bicyclic) bond motifs is 1. The topological polar surface area (TPSA) is 63.1 Å². The highest BCUT2D eigenvalue weighted by molar-refractivity contribution is 5.81. The van der Waals surface area contributed by atoms with Crippen LogP contribution in [0.1, 0.15) is 29.3 Å². The SMILES string of the molecule is Cc1c([C@H]2[C@H](CNCc3cc(F)cc4cccnc34)CC(=O)N2C)cnn1C. The summed E-state index contributed by atoms with van der Waals surface area (Å²) < 4.78 is 15.8. The van der Waals surface area contributed by atoms with Gasteiger partial charge >= 0.3 is 0 Å². The van der Waals surface area contributed by atoms with Crippen LogP contribution in [0.2, 0.25) is 0 Å². The van der Waals surface area contributed by atoms with Gasteiger partial charge in [0.05, 0.1) is 17.8 Å². The molecule has 1 amide bonds. The zero-order chi connectivity index (χ0) is 19.8. The minimum atomic E-state index is -0.267. The highest BCUT2D eigenvalue weighted by Crippen LogP contribution is 2.37. The van der Waals surface area contributed by atoms with Crippen LogP contribution in [0.4, 0.5) is 4.39 Å². The Morgan fingerprint density at radius 3 is 2.89 bits per heavy atom. The lowest BCUT2D eigenvalue weighted by atomic mass is 9.94. The fourth-order valence-corrected chi connectivity index (χ4v) is 4.16. The molecule has 2 aromatic heterocycles. The van der Waals surface area contributed by atoms with Crippen molar-refractivity contribution in [3.8, 4) is 0 Å². The van der Waals surface area contributed by atoms with Crippen molar-refractivity contribution in [2.75, 3.05) is 13.6 Å². The van der Waals surface area contributed by atoms with Crippen LogP contribution in [0.15, 0.2) is 36.7 Å². The third-order valence-corrected chi connectivity index (χ3v) is 5.76. The van der Waals surface area contributed by atoms with E-state index in [-0.39, 0.29) is 23.7 Å². The Kier molecular flexibility index (Phi) is 4.85. The number of hydrogen-bond donors (Lipinski definition) is 1. The Hall–Kier alpha value is -2.80. The van der Waals surface area contributed by atoms with Crippen molar-refractivity contribution in [1.29, 1.82) is 0 Å². The zero-order valence-electron chi connectivity index (χ0n) is 16.3. The minimum Gasteiger partial charge on any atom is -0.338 e. The molecule has 7 heteroatoms. The maximum Gasteiger partial charge on any atom is 0.223 e. The molecular weight excluding hydrogens is 357 g/mol. The monoisotopic (exact) mass is 381 g/mol. The average molecular weight is 381 g/mol. The van der Waals surface area contributed by atoms with Gasteiger partial charge in [-0.15, -0.1) is 0 Å². The lowest BCUT2D eigenvalue weighted by Crippen LogP contribution is -2.29. The van der Waals surface area contributed by atoms with E-state index in [0.29, 0.717) is 19.5 Å². The molecule has 1 aromatic carbocycles. The molecule has 0 unspecified atom stereocenters. The van der Waals surface area contributed by atoms with Crippen molar-refractivity contribution in [3.05, 3.63) is 59.3 Å². The number of aromatic nitrogens is 3. The molecular formula is C21H24FN5O. The Balaban J connectivity index is 1.51. The van der Waals surface area contributed by atoms with Gasteiger partial charge in [-0.05, 0) is 30.7 Å². The molecule has 0 aliphatic carbocycles. The number of pyridine rings is 1. The van der Waals surface area contributed by atoms with E-state index in [0.717, 1.165) is 27.7 Å². The Morgan fingerprint density at radius 2 is 2.14 bits per heavy atom. The van der Waals surface area contributed by atoms with Crippen molar-refractivity contribution in [1.82, 2.24) is 25.0 Å². The van der Waals surface area contributed by atoms with E-state index in [2.05, 4.69) is 15.4 Å². The van der Waals surface area contributed by atoms with Gasteiger partial charge in [-0.3, -0.25) is 14.5 Å². The largest absolute Gasteiger partial charge is 0.338 e. The van der Waals surface area contributed by atoms with Gasteiger partial charge < -0.3 is 10.2 Å². The summed E-state index contributed by atoms with van der Waals surface area (Å²) >= 11 is 0. The highest BCUT2D eigenvalue weighted by atomic mass is 19.1. The fraction of sp³-hybridized carbons (Fsp3) is 0.381. The highest BCUT2D eigenvalue weighted by Gasteiger charge is 2.39. The summed E-state index contributed by atoms with van der Waals surface area (Å²) in [6.07, 6.45) is 4.06. The number of carbonyl (C=O) groups excluding carboxylic acids is 1. The Bertz CT molecular complexity index is 1030. The summed E-state index contributed by atoms with van der Waals surface area (Å²) in [5.41, 5.74) is 3.77. The van der Waals surface area contributed by atoms with Crippen LogP contribution in [0.3, 0.4) is 0 Å². The van der Waals surface area contributed by atoms with Crippen LogP contribution in [0.25, 0.3) is 10.9 Å². The second-order valence-electron chi connectivity index (χ2n) is 7.49. The van der Waals surface area contributed by atoms with Gasteiger partial charge in [0, 0.05) is 62.4 Å². The van der Waals surface area contributed by atoms with Crippen molar-refractivity contribution >= 4 is 16.8 Å². The van der Waals surface area contributed by atoms with Crippen LogP contribution in [-0.2, 0) is 18.4 Å². The molecule has 146 valence electrons. The smallest absolute Gasteiger partial charge is 0.223 e. The third-order valence-electron chi connectivity index (χ3n) is 5.76. The number of halogens is 1. The van der Waals surface area contributed by atoms with E-state index >= 15 is 0 Å². The molecule has 0 spiro atoms. The number of amides is 1. The number of likely N-dealkylation sites (tertiary alicyclic amines) is 1. The standard InChI is InChI=1S/C21H24FN5O/c1-13-18(12-25-27(13)3)21-16(9-19(28)26(21)2)11-23-10-15-8-17(22)7-14-5-4-6-24-20(14)15/h4-8,12,16,21,23H,9-11H2,1-3H3/t16-,21+/m0/s1. The molecule has 28 heavy (non-hydrogen) atoms. The van der Waals surface area contributed by atoms with Gasteiger partial charge in [-0.2, -0.15) is 5.10 Å². The third kappa shape index (κ3) is 3.26. The maximum absolute atomic E-state index is 13.9. The van der Waals surface area contributed by atoms with Crippen LogP contribution in [-0.4, -0.2) is 39.2 Å². The van der Waals surface area contributed by atoms with Crippen LogP contribution in [0, 0.1) is 18.7 Å². The average Bonchev–Trinajstić information content (AvgIpc) is 3.14. The first kappa shape index (κ1) is 18.6. The maximum atomic E-state index is 13.9. The van der Waals surface area contributed by atoms with Crippen molar-refractivity contribution < 1.29 is 9.18 Å².